The lowest BCUT2D eigenvalue weighted by atomic mass is 10.0. The summed E-state index contributed by atoms with van der Waals surface area (Å²) in [6.07, 6.45) is 4.21. The molecular weight excluding hydrogens is 252 g/mol. The third kappa shape index (κ3) is 4.20. The first-order chi connectivity index (χ1) is 9.54. The number of pyridine rings is 1. The van der Waals surface area contributed by atoms with E-state index in [1.165, 1.54) is 5.56 Å². The van der Waals surface area contributed by atoms with Gasteiger partial charge in [-0.25, -0.2) is 4.98 Å². The van der Waals surface area contributed by atoms with E-state index in [2.05, 4.69) is 27.3 Å². The summed E-state index contributed by atoms with van der Waals surface area (Å²) >= 11 is 0. The summed E-state index contributed by atoms with van der Waals surface area (Å²) in [5, 5.41) is 3.07. The molecule has 110 valence electrons. The molecule has 0 radical (unpaired) electrons. The van der Waals surface area contributed by atoms with Crippen molar-refractivity contribution in [3.05, 3.63) is 23.9 Å². The van der Waals surface area contributed by atoms with Crippen molar-refractivity contribution in [2.24, 2.45) is 5.73 Å². The van der Waals surface area contributed by atoms with Crippen LogP contribution in [0.3, 0.4) is 0 Å². The fraction of sp³-hybridized carbons (Fsp3) is 0.600. The van der Waals surface area contributed by atoms with Gasteiger partial charge in [0.1, 0.15) is 5.82 Å². The van der Waals surface area contributed by atoms with Gasteiger partial charge in [0, 0.05) is 37.8 Å². The third-order valence-corrected chi connectivity index (χ3v) is 3.59. The summed E-state index contributed by atoms with van der Waals surface area (Å²) in [7, 11) is 0. The molecule has 0 aromatic carbocycles. The van der Waals surface area contributed by atoms with Crippen LogP contribution < -0.4 is 16.0 Å². The van der Waals surface area contributed by atoms with Crippen molar-refractivity contribution in [3.8, 4) is 0 Å². The Balaban J connectivity index is 1.80. The molecule has 1 aromatic rings. The van der Waals surface area contributed by atoms with Crippen LogP contribution in [0.15, 0.2) is 18.3 Å². The van der Waals surface area contributed by atoms with Crippen LogP contribution in [-0.4, -0.2) is 36.1 Å². The summed E-state index contributed by atoms with van der Waals surface area (Å²) in [6, 6.07) is 4.33. The summed E-state index contributed by atoms with van der Waals surface area (Å²) in [5.74, 6) is 1.09. The number of aromatic nitrogens is 1. The molecule has 1 unspecified atom stereocenters. The molecule has 1 aliphatic heterocycles. The Morgan fingerprint density at radius 2 is 2.20 bits per heavy atom. The van der Waals surface area contributed by atoms with E-state index in [0.717, 1.165) is 31.7 Å². The molecule has 0 spiro atoms. The summed E-state index contributed by atoms with van der Waals surface area (Å²) in [6.45, 7) is 5.75. The molecule has 5 heteroatoms. The van der Waals surface area contributed by atoms with E-state index < -0.39 is 0 Å². The van der Waals surface area contributed by atoms with Crippen molar-refractivity contribution in [2.45, 2.75) is 45.2 Å². The second-order valence-electron chi connectivity index (χ2n) is 5.70. The normalized spacial score (nSPS) is 17.9. The highest BCUT2D eigenvalue weighted by atomic mass is 16.1. The monoisotopic (exact) mass is 276 g/mol. The molecule has 0 saturated carbocycles. The van der Waals surface area contributed by atoms with Gasteiger partial charge in [-0.15, -0.1) is 0 Å². The lowest BCUT2D eigenvalue weighted by molar-refractivity contribution is -0.122. The standard InChI is InChI=1S/C15H24N4O/c1-11-3-4-14(17-10-11)19-7-5-13(6-8-19)18-15(20)9-12(2)16/h3-4,10,12-13H,5-9,16H2,1-2H3,(H,18,20). The minimum absolute atomic E-state index is 0.0620. The van der Waals surface area contributed by atoms with Crippen LogP contribution in [0.1, 0.15) is 31.7 Å². The third-order valence-electron chi connectivity index (χ3n) is 3.59. The average Bonchev–Trinajstić information content (AvgIpc) is 2.39. The van der Waals surface area contributed by atoms with Crippen molar-refractivity contribution in [3.63, 3.8) is 0 Å². The molecule has 0 bridgehead atoms. The second-order valence-corrected chi connectivity index (χ2v) is 5.70. The maximum Gasteiger partial charge on any atom is 0.221 e. The topological polar surface area (TPSA) is 71.2 Å². The average molecular weight is 276 g/mol. The second kappa shape index (κ2) is 6.70. The predicted octanol–water partition coefficient (Wildman–Crippen LogP) is 1.21. The quantitative estimate of drug-likeness (QED) is 0.867. The number of nitrogens with one attached hydrogen (secondary N) is 1. The predicted molar refractivity (Wildman–Crippen MR) is 80.6 cm³/mol. The highest BCUT2D eigenvalue weighted by Crippen LogP contribution is 2.18. The van der Waals surface area contributed by atoms with Gasteiger partial charge >= 0.3 is 0 Å². The number of hydrogen-bond donors (Lipinski definition) is 2. The Kier molecular flexibility index (Phi) is 4.95. The first-order valence-electron chi connectivity index (χ1n) is 7.27. The van der Waals surface area contributed by atoms with Crippen LogP contribution in [0.4, 0.5) is 5.82 Å². The SMILES string of the molecule is Cc1ccc(N2CCC(NC(=O)CC(C)N)CC2)nc1. The number of piperidine rings is 1. The van der Waals surface area contributed by atoms with Gasteiger partial charge in [0.05, 0.1) is 0 Å². The zero-order valence-electron chi connectivity index (χ0n) is 12.3. The van der Waals surface area contributed by atoms with Crippen molar-refractivity contribution in [1.82, 2.24) is 10.3 Å². The minimum Gasteiger partial charge on any atom is -0.356 e. The number of aryl methyl sites for hydroxylation is 1. The fourth-order valence-electron chi connectivity index (χ4n) is 2.48. The molecule has 1 saturated heterocycles. The number of hydrogen-bond acceptors (Lipinski definition) is 4. The molecule has 2 rings (SSSR count). The van der Waals surface area contributed by atoms with Crippen LogP contribution in [0.2, 0.25) is 0 Å². The van der Waals surface area contributed by atoms with Crippen LogP contribution in [-0.2, 0) is 4.79 Å². The summed E-state index contributed by atoms with van der Waals surface area (Å²) in [4.78, 5) is 18.4. The number of carbonyl (C=O) groups excluding carboxylic acids is 1. The first-order valence-corrected chi connectivity index (χ1v) is 7.27. The van der Waals surface area contributed by atoms with E-state index in [0.29, 0.717) is 6.42 Å². The van der Waals surface area contributed by atoms with Crippen molar-refractivity contribution < 1.29 is 4.79 Å². The first kappa shape index (κ1) is 14.8. The lowest BCUT2D eigenvalue weighted by Gasteiger charge is -2.33. The number of carbonyl (C=O) groups is 1. The van der Waals surface area contributed by atoms with Gasteiger partial charge in [0.15, 0.2) is 0 Å². The van der Waals surface area contributed by atoms with E-state index in [1.807, 2.05) is 20.0 Å². The molecule has 1 aliphatic rings. The van der Waals surface area contributed by atoms with E-state index in [1.54, 1.807) is 0 Å². The van der Waals surface area contributed by atoms with E-state index in [9.17, 15) is 4.79 Å². The van der Waals surface area contributed by atoms with Gasteiger partial charge in [0.2, 0.25) is 5.91 Å². The smallest absolute Gasteiger partial charge is 0.221 e. The zero-order valence-corrected chi connectivity index (χ0v) is 12.3. The number of nitrogens with two attached hydrogens (primary N) is 1. The van der Waals surface area contributed by atoms with Gasteiger partial charge in [-0.3, -0.25) is 4.79 Å². The van der Waals surface area contributed by atoms with Crippen LogP contribution >= 0.6 is 0 Å². The number of anilines is 1. The molecular formula is C15H24N4O. The van der Waals surface area contributed by atoms with Gasteiger partial charge in [-0.2, -0.15) is 0 Å². The summed E-state index contributed by atoms with van der Waals surface area (Å²) in [5.41, 5.74) is 6.80. The number of amides is 1. The molecule has 20 heavy (non-hydrogen) atoms. The Morgan fingerprint density at radius 1 is 1.50 bits per heavy atom. The van der Waals surface area contributed by atoms with Gasteiger partial charge in [0.25, 0.3) is 0 Å². The van der Waals surface area contributed by atoms with Crippen molar-refractivity contribution in [2.75, 3.05) is 18.0 Å². The van der Waals surface area contributed by atoms with Crippen LogP contribution in [0.5, 0.6) is 0 Å². The molecule has 1 amide bonds. The van der Waals surface area contributed by atoms with E-state index >= 15 is 0 Å². The molecule has 1 aromatic heterocycles. The Morgan fingerprint density at radius 3 is 2.75 bits per heavy atom. The molecule has 1 fully saturated rings. The largest absolute Gasteiger partial charge is 0.356 e. The van der Waals surface area contributed by atoms with Gasteiger partial charge in [-0.05, 0) is 38.3 Å². The highest BCUT2D eigenvalue weighted by molar-refractivity contribution is 5.76. The van der Waals surface area contributed by atoms with Gasteiger partial charge in [-0.1, -0.05) is 6.07 Å². The van der Waals surface area contributed by atoms with E-state index in [4.69, 9.17) is 5.73 Å². The summed E-state index contributed by atoms with van der Waals surface area (Å²) < 4.78 is 0. The number of nitrogens with zero attached hydrogens (tertiary/aromatic N) is 2. The van der Waals surface area contributed by atoms with Crippen LogP contribution in [0, 0.1) is 6.92 Å². The van der Waals surface area contributed by atoms with Crippen LogP contribution in [0.25, 0.3) is 0 Å². The Hall–Kier alpha value is -1.62. The molecule has 1 atom stereocenters. The minimum atomic E-state index is -0.0770. The maximum atomic E-state index is 11.7. The molecule has 0 aliphatic carbocycles. The van der Waals surface area contributed by atoms with Crippen molar-refractivity contribution in [1.29, 1.82) is 0 Å². The highest BCUT2D eigenvalue weighted by Gasteiger charge is 2.21. The van der Waals surface area contributed by atoms with E-state index in [-0.39, 0.29) is 18.0 Å². The Labute approximate surface area is 120 Å². The Bertz CT molecular complexity index is 436. The fourth-order valence-corrected chi connectivity index (χ4v) is 2.48. The molecule has 2 heterocycles. The van der Waals surface area contributed by atoms with Gasteiger partial charge < -0.3 is 16.0 Å². The molecule has 5 nitrogen and oxygen atoms in total. The number of rotatable bonds is 4. The van der Waals surface area contributed by atoms with Crippen molar-refractivity contribution >= 4 is 11.7 Å². The lowest BCUT2D eigenvalue weighted by Crippen LogP contribution is -2.45. The zero-order chi connectivity index (χ0) is 14.5. The molecule has 3 N–H and O–H groups in total. The maximum absolute atomic E-state index is 11.7.